The van der Waals surface area contributed by atoms with Gasteiger partial charge in [0.25, 0.3) is 0 Å². The van der Waals surface area contributed by atoms with E-state index in [1.54, 1.807) is 22.5 Å². The minimum Gasteiger partial charge on any atom is -0.384 e. The van der Waals surface area contributed by atoms with Gasteiger partial charge in [0.2, 0.25) is 10.0 Å². The number of ether oxygens (including phenoxy) is 1. The zero-order chi connectivity index (χ0) is 14.6. The fourth-order valence-corrected chi connectivity index (χ4v) is 4.27. The van der Waals surface area contributed by atoms with Crippen molar-refractivity contribution in [3.63, 3.8) is 0 Å². The van der Waals surface area contributed by atoms with Crippen LogP contribution in [0.1, 0.15) is 20.3 Å². The first-order valence-electron chi connectivity index (χ1n) is 7.03. The van der Waals surface area contributed by atoms with E-state index in [1.165, 1.54) is 0 Å². The second-order valence-corrected chi connectivity index (χ2v) is 6.64. The summed E-state index contributed by atoms with van der Waals surface area (Å²) in [6.45, 7) is 5.97. The Balaban J connectivity index is 2.38. The number of anilines is 1. The molecular formula is C14H22N2O3S. The molecule has 112 valence electrons. The Morgan fingerprint density at radius 2 is 2.10 bits per heavy atom. The molecule has 1 N–H and O–H groups in total. The van der Waals surface area contributed by atoms with Crippen LogP contribution in [0.5, 0.6) is 0 Å². The number of benzene rings is 1. The number of sulfonamides is 1. The van der Waals surface area contributed by atoms with Gasteiger partial charge in [-0.1, -0.05) is 19.1 Å². The van der Waals surface area contributed by atoms with Crippen molar-refractivity contribution >= 4 is 15.7 Å². The van der Waals surface area contributed by atoms with Gasteiger partial charge in [-0.15, -0.1) is 0 Å². The summed E-state index contributed by atoms with van der Waals surface area (Å²) in [5.74, 6) is 0. The number of morpholine rings is 1. The zero-order valence-electron chi connectivity index (χ0n) is 12.0. The monoisotopic (exact) mass is 298 g/mol. The second kappa shape index (κ2) is 6.56. The summed E-state index contributed by atoms with van der Waals surface area (Å²) < 4.78 is 32.7. The Hall–Kier alpha value is -1.11. The summed E-state index contributed by atoms with van der Waals surface area (Å²) in [5.41, 5.74) is 0.663. The highest BCUT2D eigenvalue weighted by molar-refractivity contribution is 7.89. The standard InChI is InChI=1S/C14H22N2O3S/c1-3-12-11-19-10-9-16(12)20(17,18)14-8-6-5-7-13(14)15-4-2/h5-8,12,15H,3-4,9-11H2,1-2H3. The summed E-state index contributed by atoms with van der Waals surface area (Å²) in [4.78, 5) is 0.349. The first-order valence-corrected chi connectivity index (χ1v) is 8.47. The van der Waals surface area contributed by atoms with Gasteiger partial charge >= 0.3 is 0 Å². The van der Waals surface area contributed by atoms with Crippen molar-refractivity contribution in [2.45, 2.75) is 31.2 Å². The fraction of sp³-hybridized carbons (Fsp3) is 0.571. The van der Waals surface area contributed by atoms with Gasteiger partial charge in [-0.25, -0.2) is 8.42 Å². The van der Waals surface area contributed by atoms with E-state index in [1.807, 2.05) is 19.9 Å². The largest absolute Gasteiger partial charge is 0.384 e. The Kier molecular flexibility index (Phi) is 5.01. The van der Waals surface area contributed by atoms with Gasteiger partial charge in [-0.05, 0) is 25.5 Å². The molecule has 1 heterocycles. The number of nitrogens with one attached hydrogen (secondary N) is 1. The lowest BCUT2D eigenvalue weighted by atomic mass is 10.2. The van der Waals surface area contributed by atoms with Crippen molar-refractivity contribution in [2.24, 2.45) is 0 Å². The molecule has 0 bridgehead atoms. The highest BCUT2D eigenvalue weighted by Crippen LogP contribution is 2.27. The molecule has 0 spiro atoms. The molecule has 0 aromatic heterocycles. The van der Waals surface area contributed by atoms with Gasteiger partial charge in [0, 0.05) is 19.1 Å². The van der Waals surface area contributed by atoms with Crippen molar-refractivity contribution in [1.82, 2.24) is 4.31 Å². The minimum absolute atomic E-state index is 0.0802. The third kappa shape index (κ3) is 2.97. The van der Waals surface area contributed by atoms with Crippen LogP contribution in [0.3, 0.4) is 0 Å². The average molecular weight is 298 g/mol. The molecule has 0 amide bonds. The zero-order valence-corrected chi connectivity index (χ0v) is 12.8. The molecule has 0 radical (unpaired) electrons. The van der Waals surface area contributed by atoms with Gasteiger partial charge in [0.15, 0.2) is 0 Å². The minimum atomic E-state index is -3.49. The smallest absolute Gasteiger partial charge is 0.245 e. The molecule has 5 nitrogen and oxygen atoms in total. The molecule has 1 aromatic carbocycles. The van der Waals surface area contributed by atoms with E-state index in [9.17, 15) is 8.42 Å². The van der Waals surface area contributed by atoms with Crippen LogP contribution in [0.2, 0.25) is 0 Å². The highest BCUT2D eigenvalue weighted by Gasteiger charge is 2.34. The summed E-state index contributed by atoms with van der Waals surface area (Å²) in [6, 6.07) is 6.99. The maximum absolute atomic E-state index is 12.9. The molecular weight excluding hydrogens is 276 g/mol. The van der Waals surface area contributed by atoms with E-state index in [4.69, 9.17) is 4.74 Å². The van der Waals surface area contributed by atoms with Crippen LogP contribution in [0, 0.1) is 0 Å². The van der Waals surface area contributed by atoms with E-state index in [0.717, 1.165) is 6.42 Å². The lowest BCUT2D eigenvalue weighted by Gasteiger charge is -2.34. The quantitative estimate of drug-likeness (QED) is 0.902. The van der Waals surface area contributed by atoms with Crippen molar-refractivity contribution in [3.8, 4) is 0 Å². The first kappa shape index (κ1) is 15.3. The molecule has 6 heteroatoms. The van der Waals surface area contributed by atoms with Crippen molar-refractivity contribution < 1.29 is 13.2 Å². The first-order chi connectivity index (χ1) is 9.61. The SMILES string of the molecule is CCNc1ccccc1S(=O)(=O)N1CCOCC1CC. The maximum atomic E-state index is 12.9. The van der Waals surface area contributed by atoms with Crippen LogP contribution in [-0.2, 0) is 14.8 Å². The van der Waals surface area contributed by atoms with Gasteiger partial charge in [-0.3, -0.25) is 0 Å². The number of hydrogen-bond acceptors (Lipinski definition) is 4. The Morgan fingerprint density at radius 1 is 1.35 bits per heavy atom. The predicted molar refractivity (Wildman–Crippen MR) is 79.4 cm³/mol. The van der Waals surface area contributed by atoms with E-state index < -0.39 is 10.0 Å². The topological polar surface area (TPSA) is 58.6 Å². The lowest BCUT2D eigenvalue weighted by Crippen LogP contribution is -2.48. The Morgan fingerprint density at radius 3 is 2.80 bits per heavy atom. The Labute approximate surface area is 121 Å². The summed E-state index contributed by atoms with van der Waals surface area (Å²) in [6.07, 6.45) is 0.753. The molecule has 0 saturated carbocycles. The van der Waals surface area contributed by atoms with E-state index >= 15 is 0 Å². The number of nitrogens with zero attached hydrogens (tertiary/aromatic N) is 1. The summed E-state index contributed by atoms with van der Waals surface area (Å²) >= 11 is 0. The van der Waals surface area contributed by atoms with Crippen LogP contribution in [0.25, 0.3) is 0 Å². The molecule has 1 aromatic rings. The van der Waals surface area contributed by atoms with Crippen molar-refractivity contribution in [1.29, 1.82) is 0 Å². The van der Waals surface area contributed by atoms with Crippen LogP contribution < -0.4 is 5.32 Å². The Bertz CT molecular complexity index is 545. The molecule has 1 aliphatic rings. The maximum Gasteiger partial charge on any atom is 0.245 e. The third-order valence-electron chi connectivity index (χ3n) is 3.49. The molecule has 1 fully saturated rings. The summed E-state index contributed by atoms with van der Waals surface area (Å²) in [7, 11) is -3.49. The average Bonchev–Trinajstić information content (AvgIpc) is 2.48. The van der Waals surface area contributed by atoms with E-state index in [0.29, 0.717) is 36.9 Å². The second-order valence-electron chi connectivity index (χ2n) is 4.78. The van der Waals surface area contributed by atoms with E-state index in [2.05, 4.69) is 5.32 Å². The molecule has 2 rings (SSSR count). The van der Waals surface area contributed by atoms with Crippen molar-refractivity contribution in [2.75, 3.05) is 31.6 Å². The normalized spacial score (nSPS) is 20.8. The van der Waals surface area contributed by atoms with Gasteiger partial charge in [0.1, 0.15) is 4.90 Å². The van der Waals surface area contributed by atoms with Crippen molar-refractivity contribution in [3.05, 3.63) is 24.3 Å². The van der Waals surface area contributed by atoms with Crippen LogP contribution in [-0.4, -0.2) is 45.1 Å². The van der Waals surface area contributed by atoms with Gasteiger partial charge in [-0.2, -0.15) is 4.31 Å². The highest BCUT2D eigenvalue weighted by atomic mass is 32.2. The molecule has 1 saturated heterocycles. The van der Waals surface area contributed by atoms with Crippen LogP contribution in [0.4, 0.5) is 5.69 Å². The molecule has 1 aliphatic heterocycles. The number of rotatable bonds is 5. The molecule has 20 heavy (non-hydrogen) atoms. The lowest BCUT2D eigenvalue weighted by molar-refractivity contribution is 0.0314. The number of hydrogen-bond donors (Lipinski definition) is 1. The summed E-state index contributed by atoms with van der Waals surface area (Å²) in [5, 5.41) is 3.12. The predicted octanol–water partition coefficient (Wildman–Crippen LogP) is 1.92. The fourth-order valence-electron chi connectivity index (χ4n) is 2.43. The van der Waals surface area contributed by atoms with Gasteiger partial charge < -0.3 is 10.1 Å². The van der Waals surface area contributed by atoms with Crippen LogP contribution in [0.15, 0.2) is 29.2 Å². The molecule has 1 atom stereocenters. The van der Waals surface area contributed by atoms with Gasteiger partial charge in [0.05, 0.1) is 18.9 Å². The van der Waals surface area contributed by atoms with Crippen LogP contribution >= 0.6 is 0 Å². The number of para-hydroxylation sites is 1. The third-order valence-corrected chi connectivity index (χ3v) is 5.50. The molecule has 0 aliphatic carbocycles. The molecule has 1 unspecified atom stereocenters. The van der Waals surface area contributed by atoms with E-state index in [-0.39, 0.29) is 6.04 Å².